The van der Waals surface area contributed by atoms with Crippen LogP contribution in [0.3, 0.4) is 0 Å². The van der Waals surface area contributed by atoms with E-state index in [-0.39, 0.29) is 30.5 Å². The van der Waals surface area contributed by atoms with Crippen LogP contribution in [0.2, 0.25) is 0 Å². The fourth-order valence-electron chi connectivity index (χ4n) is 1.92. The summed E-state index contributed by atoms with van der Waals surface area (Å²) in [5.74, 6) is -0.329. The van der Waals surface area contributed by atoms with E-state index in [1.165, 1.54) is 16.8 Å². The standard InChI is InChI=1S/C16H27FN3O4P/c1-5-25(23,6-2)11-24-13(9-17)10-20-8-7-14(19-16(20)22)18-15(21)12(3)4/h7-8,12-13H,5-6,9-11H2,1-4H3,(H,18,19,21,22). The van der Waals surface area contributed by atoms with Crippen LogP contribution in [-0.4, -0.2) is 46.9 Å². The topological polar surface area (TPSA) is 90.3 Å². The molecular formula is C16H27FN3O4P. The summed E-state index contributed by atoms with van der Waals surface area (Å²) in [4.78, 5) is 27.4. The number of anilines is 1. The van der Waals surface area contributed by atoms with Crippen molar-refractivity contribution >= 4 is 18.9 Å². The van der Waals surface area contributed by atoms with E-state index in [1.54, 1.807) is 13.8 Å². The zero-order valence-corrected chi connectivity index (χ0v) is 16.1. The molecule has 1 N–H and O–H groups in total. The van der Waals surface area contributed by atoms with Crippen molar-refractivity contribution in [1.29, 1.82) is 0 Å². The fraction of sp³-hybridized carbons (Fsp3) is 0.688. The van der Waals surface area contributed by atoms with Gasteiger partial charge in [-0.3, -0.25) is 9.36 Å². The van der Waals surface area contributed by atoms with Gasteiger partial charge in [-0.25, -0.2) is 9.18 Å². The summed E-state index contributed by atoms with van der Waals surface area (Å²) < 4.78 is 32.1. The number of nitrogens with zero attached hydrogens (tertiary/aromatic N) is 2. The highest BCUT2D eigenvalue weighted by atomic mass is 31.2. The third-order valence-electron chi connectivity index (χ3n) is 3.92. The Morgan fingerprint density at radius 1 is 1.40 bits per heavy atom. The van der Waals surface area contributed by atoms with Crippen molar-refractivity contribution in [2.45, 2.75) is 40.3 Å². The lowest BCUT2D eigenvalue weighted by atomic mass is 10.2. The molecule has 0 bridgehead atoms. The molecule has 0 aliphatic carbocycles. The normalized spacial score (nSPS) is 13.0. The molecule has 142 valence electrons. The largest absolute Gasteiger partial charge is 0.366 e. The minimum absolute atomic E-state index is 0.000699. The molecule has 0 aromatic carbocycles. The average molecular weight is 375 g/mol. The number of nitrogens with one attached hydrogen (secondary N) is 1. The highest BCUT2D eigenvalue weighted by Gasteiger charge is 2.21. The van der Waals surface area contributed by atoms with Crippen molar-refractivity contribution in [2.24, 2.45) is 5.92 Å². The van der Waals surface area contributed by atoms with Crippen LogP contribution in [0.4, 0.5) is 10.2 Å². The van der Waals surface area contributed by atoms with Crippen molar-refractivity contribution < 1.29 is 18.5 Å². The Hall–Kier alpha value is -1.53. The number of halogens is 1. The summed E-state index contributed by atoms with van der Waals surface area (Å²) in [6.45, 7) is 6.25. The zero-order chi connectivity index (χ0) is 19.0. The highest BCUT2D eigenvalue weighted by molar-refractivity contribution is 7.63. The van der Waals surface area contributed by atoms with Gasteiger partial charge in [0.1, 0.15) is 32.1 Å². The monoisotopic (exact) mass is 375 g/mol. The number of amides is 1. The number of rotatable bonds is 10. The summed E-state index contributed by atoms with van der Waals surface area (Å²) in [6.07, 6.45) is 1.54. The SMILES string of the molecule is CCP(=O)(CC)COC(CF)Cn1ccc(NC(=O)C(C)C)nc1=O. The summed E-state index contributed by atoms with van der Waals surface area (Å²) in [7, 11) is -2.44. The number of ether oxygens (including phenoxy) is 1. The predicted molar refractivity (Wildman–Crippen MR) is 96.4 cm³/mol. The molecule has 1 aromatic rings. The van der Waals surface area contributed by atoms with Crippen molar-refractivity contribution in [1.82, 2.24) is 9.55 Å². The van der Waals surface area contributed by atoms with E-state index in [9.17, 15) is 18.5 Å². The molecule has 0 fully saturated rings. The first kappa shape index (κ1) is 21.5. The first-order chi connectivity index (χ1) is 11.7. The lowest BCUT2D eigenvalue weighted by Crippen LogP contribution is -2.32. The molecule has 1 amide bonds. The van der Waals surface area contributed by atoms with E-state index in [0.717, 1.165) is 0 Å². The van der Waals surface area contributed by atoms with Gasteiger partial charge in [-0.1, -0.05) is 27.7 Å². The minimum atomic E-state index is -2.44. The van der Waals surface area contributed by atoms with Crippen molar-refractivity contribution in [3.63, 3.8) is 0 Å². The van der Waals surface area contributed by atoms with Crippen LogP contribution in [0.5, 0.6) is 0 Å². The molecular weight excluding hydrogens is 348 g/mol. The summed E-state index contributed by atoms with van der Waals surface area (Å²) in [5.41, 5.74) is -0.613. The predicted octanol–water partition coefficient (Wildman–Crippen LogP) is 2.55. The molecule has 1 rings (SSSR count). The van der Waals surface area contributed by atoms with Crippen LogP contribution in [0.25, 0.3) is 0 Å². The average Bonchev–Trinajstić information content (AvgIpc) is 2.59. The van der Waals surface area contributed by atoms with Gasteiger partial charge in [0.25, 0.3) is 0 Å². The molecule has 25 heavy (non-hydrogen) atoms. The lowest BCUT2D eigenvalue weighted by Gasteiger charge is -2.20. The molecule has 7 nitrogen and oxygen atoms in total. The third kappa shape index (κ3) is 6.71. The van der Waals surface area contributed by atoms with Crippen LogP contribution in [-0.2, 0) is 20.6 Å². The molecule has 1 unspecified atom stereocenters. The van der Waals surface area contributed by atoms with Gasteiger partial charge in [-0.2, -0.15) is 4.98 Å². The maximum atomic E-state index is 13.2. The second-order valence-corrected chi connectivity index (χ2v) is 9.79. The third-order valence-corrected chi connectivity index (χ3v) is 6.85. The lowest BCUT2D eigenvalue weighted by molar-refractivity contribution is -0.118. The summed E-state index contributed by atoms with van der Waals surface area (Å²) in [5, 5.41) is 2.53. The zero-order valence-electron chi connectivity index (χ0n) is 15.2. The molecule has 0 spiro atoms. The number of hydrogen-bond acceptors (Lipinski definition) is 5. The van der Waals surface area contributed by atoms with E-state index >= 15 is 0 Å². The second kappa shape index (κ2) is 9.82. The molecule has 1 aromatic heterocycles. The van der Waals surface area contributed by atoms with E-state index in [0.29, 0.717) is 12.3 Å². The molecule has 0 aliphatic rings. The van der Waals surface area contributed by atoms with Gasteiger partial charge in [-0.15, -0.1) is 0 Å². The smallest absolute Gasteiger partial charge is 0.349 e. The number of carbonyl (C=O) groups is 1. The van der Waals surface area contributed by atoms with E-state index < -0.39 is 25.6 Å². The molecule has 0 radical (unpaired) electrons. The summed E-state index contributed by atoms with van der Waals surface area (Å²) >= 11 is 0. The quantitative estimate of drug-likeness (QED) is 0.635. The van der Waals surface area contributed by atoms with Crippen molar-refractivity contribution in [2.75, 3.05) is 30.7 Å². The van der Waals surface area contributed by atoms with Crippen LogP contribution >= 0.6 is 7.14 Å². The van der Waals surface area contributed by atoms with Gasteiger partial charge in [-0.05, 0) is 6.07 Å². The molecule has 1 atom stereocenters. The Morgan fingerprint density at radius 3 is 2.52 bits per heavy atom. The minimum Gasteiger partial charge on any atom is -0.366 e. The van der Waals surface area contributed by atoms with E-state index in [2.05, 4.69) is 10.3 Å². The fourth-order valence-corrected chi connectivity index (χ4v) is 3.22. The molecule has 0 saturated heterocycles. The molecule has 0 aliphatic heterocycles. The first-order valence-corrected chi connectivity index (χ1v) is 10.6. The van der Waals surface area contributed by atoms with Crippen LogP contribution in [0.15, 0.2) is 17.1 Å². The van der Waals surface area contributed by atoms with Gasteiger partial charge >= 0.3 is 5.69 Å². The van der Waals surface area contributed by atoms with E-state index in [4.69, 9.17) is 4.74 Å². The number of alkyl halides is 1. The first-order valence-electron chi connectivity index (χ1n) is 8.37. The van der Waals surface area contributed by atoms with Gasteiger partial charge in [0.15, 0.2) is 0 Å². The Morgan fingerprint density at radius 2 is 2.04 bits per heavy atom. The van der Waals surface area contributed by atoms with Gasteiger partial charge < -0.3 is 14.6 Å². The van der Waals surface area contributed by atoms with Crippen LogP contribution in [0, 0.1) is 5.92 Å². The Kier molecular flexibility index (Phi) is 8.45. The van der Waals surface area contributed by atoms with E-state index in [1.807, 2.05) is 13.8 Å². The molecule has 9 heteroatoms. The Bertz CT molecular complexity index is 670. The van der Waals surface area contributed by atoms with Crippen molar-refractivity contribution in [3.8, 4) is 0 Å². The van der Waals surface area contributed by atoms with Gasteiger partial charge in [0.2, 0.25) is 5.91 Å². The maximum Gasteiger partial charge on any atom is 0.349 e. The Labute approximate surface area is 147 Å². The summed E-state index contributed by atoms with van der Waals surface area (Å²) in [6, 6.07) is 1.47. The van der Waals surface area contributed by atoms with Crippen LogP contribution in [0.1, 0.15) is 27.7 Å². The van der Waals surface area contributed by atoms with Gasteiger partial charge in [0.05, 0.1) is 6.54 Å². The van der Waals surface area contributed by atoms with Gasteiger partial charge in [0, 0.05) is 24.4 Å². The molecule has 0 saturated carbocycles. The maximum absolute atomic E-state index is 13.2. The molecule has 1 heterocycles. The van der Waals surface area contributed by atoms with Crippen molar-refractivity contribution in [3.05, 3.63) is 22.7 Å². The number of carbonyl (C=O) groups excluding carboxylic acids is 1. The van der Waals surface area contributed by atoms with Crippen LogP contribution < -0.4 is 11.0 Å². The Balaban J connectivity index is 2.75. The number of hydrogen-bond donors (Lipinski definition) is 1. The number of aromatic nitrogens is 2. The second-order valence-electron chi connectivity index (χ2n) is 6.15. The highest BCUT2D eigenvalue weighted by Crippen LogP contribution is 2.44.